The van der Waals surface area contributed by atoms with E-state index in [-0.39, 0.29) is 13.2 Å². The van der Waals surface area contributed by atoms with Crippen molar-refractivity contribution in [3.05, 3.63) is 39.7 Å². The van der Waals surface area contributed by atoms with Gasteiger partial charge in [0.05, 0.1) is 12.6 Å². The summed E-state index contributed by atoms with van der Waals surface area (Å²) in [6.07, 6.45) is -0.795. The lowest BCUT2D eigenvalue weighted by Crippen LogP contribution is -2.20. The molecule has 0 aromatic heterocycles. The van der Waals surface area contributed by atoms with E-state index >= 15 is 0 Å². The summed E-state index contributed by atoms with van der Waals surface area (Å²) in [5.74, 6) is 0.611. The number of benzene rings is 1. The first-order valence-electron chi connectivity index (χ1n) is 4.29. The Balaban J connectivity index is 2.36. The van der Waals surface area contributed by atoms with Crippen LogP contribution in [0, 0.1) is 0 Å². The highest BCUT2D eigenvalue weighted by atomic mass is 35.5. The van der Waals surface area contributed by atoms with Gasteiger partial charge in [-0.05, 0) is 29.8 Å². The third-order valence-corrected chi connectivity index (χ3v) is 1.86. The lowest BCUT2D eigenvalue weighted by Gasteiger charge is -2.09. The molecule has 1 N–H and O–H groups in total. The van der Waals surface area contributed by atoms with Crippen molar-refractivity contribution in [3.63, 3.8) is 0 Å². The van der Waals surface area contributed by atoms with Crippen LogP contribution in [0.25, 0.3) is 10.4 Å². The maximum Gasteiger partial charge on any atom is 0.119 e. The Morgan fingerprint density at radius 3 is 2.73 bits per heavy atom. The van der Waals surface area contributed by atoms with Crippen LogP contribution in [0.3, 0.4) is 0 Å². The van der Waals surface area contributed by atoms with Gasteiger partial charge in [0.15, 0.2) is 0 Å². The first-order chi connectivity index (χ1) is 7.22. The second-order valence-corrected chi connectivity index (χ2v) is 3.27. The highest BCUT2D eigenvalue weighted by Gasteiger charge is 2.03. The summed E-state index contributed by atoms with van der Waals surface area (Å²) in [4.78, 5) is 2.53. The highest BCUT2D eigenvalue weighted by Crippen LogP contribution is 2.15. The molecule has 0 aliphatic carbocycles. The largest absolute Gasteiger partial charge is 0.491 e. The van der Waals surface area contributed by atoms with Crippen LogP contribution in [0.15, 0.2) is 29.4 Å². The topological polar surface area (TPSA) is 78.2 Å². The zero-order valence-corrected chi connectivity index (χ0v) is 8.63. The second kappa shape index (κ2) is 6.14. The van der Waals surface area contributed by atoms with Gasteiger partial charge in [-0.1, -0.05) is 16.7 Å². The standard InChI is InChI=1S/C9H10ClN3O2/c10-7-1-3-9(4-2-7)15-6-8(14)5-12-13-11/h1-4,8,14H,5-6H2/t8-/m0/s1. The van der Waals surface area contributed by atoms with E-state index in [9.17, 15) is 5.11 Å². The average molecular weight is 228 g/mol. The van der Waals surface area contributed by atoms with E-state index in [0.717, 1.165) is 0 Å². The third kappa shape index (κ3) is 4.56. The minimum absolute atomic E-state index is 0.00406. The molecule has 0 amide bonds. The first-order valence-corrected chi connectivity index (χ1v) is 4.67. The van der Waals surface area contributed by atoms with Crippen molar-refractivity contribution in [1.29, 1.82) is 0 Å². The molecular formula is C9H10ClN3O2. The van der Waals surface area contributed by atoms with Crippen LogP contribution in [0.5, 0.6) is 5.75 Å². The van der Waals surface area contributed by atoms with E-state index in [0.29, 0.717) is 10.8 Å². The molecule has 80 valence electrons. The molecule has 0 heterocycles. The minimum atomic E-state index is -0.795. The molecule has 1 aromatic rings. The summed E-state index contributed by atoms with van der Waals surface area (Å²) in [5, 5.41) is 13.1. The fourth-order valence-corrected chi connectivity index (χ4v) is 1.03. The van der Waals surface area contributed by atoms with Gasteiger partial charge in [0, 0.05) is 9.93 Å². The van der Waals surface area contributed by atoms with Crippen molar-refractivity contribution in [3.8, 4) is 5.75 Å². The summed E-state index contributed by atoms with van der Waals surface area (Å²) in [6, 6.07) is 6.78. The fraction of sp³-hybridized carbons (Fsp3) is 0.333. The van der Waals surface area contributed by atoms with E-state index in [4.69, 9.17) is 21.9 Å². The molecule has 0 fully saturated rings. The minimum Gasteiger partial charge on any atom is -0.491 e. The highest BCUT2D eigenvalue weighted by molar-refractivity contribution is 6.30. The average Bonchev–Trinajstić information content (AvgIpc) is 2.25. The quantitative estimate of drug-likeness (QED) is 0.476. The van der Waals surface area contributed by atoms with Crippen LogP contribution in [-0.2, 0) is 0 Å². The van der Waals surface area contributed by atoms with Crippen LogP contribution in [-0.4, -0.2) is 24.4 Å². The lowest BCUT2D eigenvalue weighted by atomic mass is 10.3. The molecule has 0 bridgehead atoms. The molecule has 1 rings (SSSR count). The van der Waals surface area contributed by atoms with Gasteiger partial charge in [-0.2, -0.15) is 0 Å². The summed E-state index contributed by atoms with van der Waals surface area (Å²) in [5.41, 5.74) is 8.02. The molecule has 0 saturated carbocycles. The predicted octanol–water partition coefficient (Wildman–Crippen LogP) is 2.39. The predicted molar refractivity (Wildman–Crippen MR) is 57.0 cm³/mol. The Labute approximate surface area is 91.9 Å². The van der Waals surface area contributed by atoms with Gasteiger partial charge in [-0.3, -0.25) is 0 Å². The van der Waals surface area contributed by atoms with Crippen molar-refractivity contribution < 1.29 is 9.84 Å². The van der Waals surface area contributed by atoms with Crippen LogP contribution in [0.2, 0.25) is 5.02 Å². The zero-order chi connectivity index (χ0) is 11.1. The van der Waals surface area contributed by atoms with Gasteiger partial charge in [0.25, 0.3) is 0 Å². The summed E-state index contributed by atoms with van der Waals surface area (Å²) >= 11 is 5.68. The molecule has 0 radical (unpaired) electrons. The van der Waals surface area contributed by atoms with Crippen LogP contribution in [0.4, 0.5) is 0 Å². The Morgan fingerprint density at radius 2 is 2.13 bits per heavy atom. The van der Waals surface area contributed by atoms with Crippen molar-refractivity contribution in [2.24, 2.45) is 5.11 Å². The first kappa shape index (κ1) is 11.7. The molecule has 0 aliphatic heterocycles. The number of halogens is 1. The Bertz CT molecular complexity index is 349. The number of aliphatic hydroxyl groups excluding tert-OH is 1. The molecule has 0 spiro atoms. The number of hydrogen-bond donors (Lipinski definition) is 1. The van der Waals surface area contributed by atoms with E-state index in [1.807, 2.05) is 0 Å². The molecular weight excluding hydrogens is 218 g/mol. The molecule has 0 aliphatic rings. The number of aliphatic hydroxyl groups is 1. The van der Waals surface area contributed by atoms with Gasteiger partial charge >= 0.3 is 0 Å². The molecule has 0 unspecified atom stereocenters. The summed E-state index contributed by atoms with van der Waals surface area (Å²) in [7, 11) is 0. The molecule has 0 saturated heterocycles. The van der Waals surface area contributed by atoms with Crippen LogP contribution < -0.4 is 4.74 Å². The van der Waals surface area contributed by atoms with E-state index in [1.165, 1.54) is 0 Å². The van der Waals surface area contributed by atoms with Crippen molar-refractivity contribution in [2.45, 2.75) is 6.10 Å². The number of rotatable bonds is 5. The Morgan fingerprint density at radius 1 is 1.47 bits per heavy atom. The molecule has 5 nitrogen and oxygen atoms in total. The maximum absolute atomic E-state index is 9.28. The molecule has 15 heavy (non-hydrogen) atoms. The van der Waals surface area contributed by atoms with Crippen molar-refractivity contribution in [1.82, 2.24) is 0 Å². The van der Waals surface area contributed by atoms with Crippen molar-refractivity contribution in [2.75, 3.05) is 13.2 Å². The van der Waals surface area contributed by atoms with Crippen molar-refractivity contribution >= 4 is 11.6 Å². The lowest BCUT2D eigenvalue weighted by molar-refractivity contribution is 0.114. The number of nitrogens with zero attached hydrogens (tertiary/aromatic N) is 3. The van der Waals surface area contributed by atoms with Crippen LogP contribution >= 0.6 is 11.6 Å². The van der Waals surface area contributed by atoms with Gasteiger partial charge in [0.1, 0.15) is 12.4 Å². The van der Waals surface area contributed by atoms with E-state index in [1.54, 1.807) is 24.3 Å². The fourth-order valence-electron chi connectivity index (χ4n) is 0.907. The van der Waals surface area contributed by atoms with Gasteiger partial charge in [-0.15, -0.1) is 0 Å². The zero-order valence-electron chi connectivity index (χ0n) is 7.88. The van der Waals surface area contributed by atoms with Gasteiger partial charge in [-0.25, -0.2) is 0 Å². The number of ether oxygens (including phenoxy) is 1. The SMILES string of the molecule is [N-]=[N+]=NC[C@H](O)COc1ccc(Cl)cc1. The molecule has 1 aromatic carbocycles. The van der Waals surface area contributed by atoms with E-state index < -0.39 is 6.10 Å². The van der Waals surface area contributed by atoms with E-state index in [2.05, 4.69) is 10.0 Å². The summed E-state index contributed by atoms with van der Waals surface area (Å²) < 4.78 is 5.23. The monoisotopic (exact) mass is 227 g/mol. The van der Waals surface area contributed by atoms with Gasteiger partial charge < -0.3 is 9.84 Å². The molecule has 1 atom stereocenters. The smallest absolute Gasteiger partial charge is 0.119 e. The van der Waals surface area contributed by atoms with Gasteiger partial charge in [0.2, 0.25) is 0 Å². The second-order valence-electron chi connectivity index (χ2n) is 2.83. The Kier molecular flexibility index (Phi) is 4.77. The normalized spacial score (nSPS) is 11.6. The summed E-state index contributed by atoms with van der Waals surface area (Å²) in [6.45, 7) is 0.0880. The molecule has 6 heteroatoms. The Hall–Kier alpha value is -1.42. The maximum atomic E-state index is 9.28. The number of azide groups is 1. The van der Waals surface area contributed by atoms with Crippen LogP contribution in [0.1, 0.15) is 0 Å². The third-order valence-electron chi connectivity index (χ3n) is 1.61. The number of hydrogen-bond acceptors (Lipinski definition) is 3.